The number of nitrogens with zero attached hydrogens (tertiary/aromatic N) is 6. The molecule has 1 amide bonds. The highest BCUT2D eigenvalue weighted by atomic mass is 16.1. The van der Waals surface area contributed by atoms with Gasteiger partial charge in [0.05, 0.1) is 23.3 Å². The Kier molecular flexibility index (Phi) is 8.12. The maximum atomic E-state index is 12.3. The average Bonchev–Trinajstić information content (AvgIpc) is 2.90. The number of nitrogens with one attached hydrogen (secondary N) is 2. The molecule has 9 heteroatoms. The summed E-state index contributed by atoms with van der Waals surface area (Å²) in [5.41, 5.74) is 4.30. The van der Waals surface area contributed by atoms with Crippen LogP contribution in [0.5, 0.6) is 0 Å². The highest BCUT2D eigenvalue weighted by Gasteiger charge is 2.17. The molecule has 0 aliphatic rings. The van der Waals surface area contributed by atoms with Crippen molar-refractivity contribution in [1.82, 2.24) is 35.1 Å². The number of hydrogen-bond acceptors (Lipinski definition) is 8. The van der Waals surface area contributed by atoms with E-state index in [9.17, 15) is 4.79 Å². The average molecular weight is 485 g/mol. The minimum Gasteiger partial charge on any atom is -0.370 e. The number of carbonyl (C=O) groups excluding carboxylic acids is 1. The Morgan fingerprint density at radius 2 is 1.86 bits per heavy atom. The maximum absolute atomic E-state index is 12.3. The molecule has 1 aromatic carbocycles. The Morgan fingerprint density at radius 1 is 1.06 bits per heavy atom. The predicted molar refractivity (Wildman–Crippen MR) is 142 cm³/mol. The Balaban J connectivity index is 1.46. The van der Waals surface area contributed by atoms with Crippen LogP contribution < -0.4 is 10.6 Å². The van der Waals surface area contributed by atoms with Gasteiger partial charge >= 0.3 is 0 Å². The quantitative estimate of drug-likeness (QED) is 0.349. The van der Waals surface area contributed by atoms with Crippen LogP contribution in [0.1, 0.15) is 47.4 Å². The number of fused-ring (bicyclic) bond motifs is 1. The van der Waals surface area contributed by atoms with E-state index in [1.54, 1.807) is 38.0 Å². The van der Waals surface area contributed by atoms with Crippen molar-refractivity contribution in [2.75, 3.05) is 33.0 Å². The number of amides is 1. The molecular weight excluding hydrogens is 452 g/mol. The lowest BCUT2D eigenvalue weighted by Crippen LogP contribution is -2.18. The smallest absolute Gasteiger partial charge is 0.251 e. The summed E-state index contributed by atoms with van der Waals surface area (Å²) in [6.07, 6.45) is 8.71. The zero-order valence-corrected chi connectivity index (χ0v) is 21.2. The van der Waals surface area contributed by atoms with Gasteiger partial charge in [-0.3, -0.25) is 9.78 Å². The molecule has 0 fully saturated rings. The fraction of sp³-hybridized carbons (Fsp3) is 0.333. The van der Waals surface area contributed by atoms with Gasteiger partial charge in [-0.25, -0.2) is 19.9 Å². The first-order valence-electron chi connectivity index (χ1n) is 12.1. The molecule has 0 aliphatic heterocycles. The molecule has 0 radical (unpaired) electrons. The summed E-state index contributed by atoms with van der Waals surface area (Å²) in [6.45, 7) is 3.60. The number of pyridine rings is 1. The van der Waals surface area contributed by atoms with Gasteiger partial charge in [0.2, 0.25) is 0 Å². The summed E-state index contributed by atoms with van der Waals surface area (Å²) in [4.78, 5) is 36.6. The summed E-state index contributed by atoms with van der Waals surface area (Å²) in [5.74, 6) is 1.71. The second-order valence-electron chi connectivity index (χ2n) is 8.92. The van der Waals surface area contributed by atoms with Crippen molar-refractivity contribution in [2.24, 2.45) is 0 Å². The number of rotatable bonds is 10. The molecule has 0 aliphatic carbocycles. The van der Waals surface area contributed by atoms with Crippen molar-refractivity contribution in [1.29, 1.82) is 0 Å². The van der Waals surface area contributed by atoms with E-state index in [0.717, 1.165) is 58.8 Å². The summed E-state index contributed by atoms with van der Waals surface area (Å²) < 4.78 is 0. The van der Waals surface area contributed by atoms with Crippen LogP contribution in [0.2, 0.25) is 0 Å². The zero-order valence-electron chi connectivity index (χ0n) is 21.2. The van der Waals surface area contributed by atoms with Gasteiger partial charge in [0.15, 0.2) is 0 Å². The predicted octanol–water partition coefficient (Wildman–Crippen LogP) is 3.90. The molecule has 2 N–H and O–H groups in total. The van der Waals surface area contributed by atoms with Gasteiger partial charge in [-0.2, -0.15) is 0 Å². The van der Waals surface area contributed by atoms with Crippen LogP contribution in [-0.4, -0.2) is 63.4 Å². The molecule has 36 heavy (non-hydrogen) atoms. The van der Waals surface area contributed by atoms with Crippen molar-refractivity contribution in [2.45, 2.75) is 32.2 Å². The third-order valence-corrected chi connectivity index (χ3v) is 6.13. The number of anilines is 1. The molecule has 0 spiro atoms. The second kappa shape index (κ2) is 11.6. The lowest BCUT2D eigenvalue weighted by molar-refractivity contribution is 0.0964. The minimum atomic E-state index is -0.105. The van der Waals surface area contributed by atoms with Crippen molar-refractivity contribution >= 4 is 22.6 Å². The van der Waals surface area contributed by atoms with Crippen LogP contribution in [-0.2, 0) is 6.54 Å². The van der Waals surface area contributed by atoms with Crippen molar-refractivity contribution in [3.05, 3.63) is 72.2 Å². The third kappa shape index (κ3) is 5.80. The minimum absolute atomic E-state index is 0.105. The number of carbonyl (C=O) groups is 1. The molecule has 4 aromatic rings. The Labute approximate surface area is 211 Å². The van der Waals surface area contributed by atoms with Crippen LogP contribution in [0.15, 0.2) is 55.2 Å². The number of hydrogen-bond donors (Lipinski definition) is 2. The standard InChI is InChI=1S/C27H32N8O/c1-5-18(20-7-6-8-21-22(27(36)28-2)10-12-30-26(20)21)9-11-29-24-13-23(33-17-34-24)19-14-31-25(32-15-19)16-35(3)4/h6-8,10,12-15,17-18H,5,9,11,16H2,1-4H3,(H,28,36)(H,29,33,34). The van der Waals surface area contributed by atoms with Gasteiger partial charge in [-0.15, -0.1) is 0 Å². The van der Waals surface area contributed by atoms with Crippen LogP contribution >= 0.6 is 0 Å². The molecule has 3 aromatic heterocycles. The molecule has 0 saturated heterocycles. The van der Waals surface area contributed by atoms with Gasteiger partial charge in [0, 0.05) is 49.2 Å². The monoisotopic (exact) mass is 484 g/mol. The summed E-state index contributed by atoms with van der Waals surface area (Å²) in [5, 5.41) is 7.02. The second-order valence-corrected chi connectivity index (χ2v) is 8.92. The summed E-state index contributed by atoms with van der Waals surface area (Å²) >= 11 is 0. The fourth-order valence-corrected chi connectivity index (χ4v) is 4.28. The normalized spacial score (nSPS) is 12.0. The molecule has 186 valence electrons. The van der Waals surface area contributed by atoms with Gasteiger partial charge in [0.25, 0.3) is 5.91 Å². The first-order valence-corrected chi connectivity index (χ1v) is 12.1. The zero-order chi connectivity index (χ0) is 25.5. The Hall–Kier alpha value is -3.98. The van der Waals surface area contributed by atoms with Crippen molar-refractivity contribution < 1.29 is 4.79 Å². The van der Waals surface area contributed by atoms with Crippen LogP contribution in [0.4, 0.5) is 5.82 Å². The van der Waals surface area contributed by atoms with E-state index < -0.39 is 0 Å². The number of benzene rings is 1. The molecule has 0 saturated carbocycles. The van der Waals surface area contributed by atoms with Gasteiger partial charge in [-0.05, 0) is 44.5 Å². The Bertz CT molecular complexity index is 1320. The molecular formula is C27H32N8O. The number of para-hydroxylation sites is 1. The first kappa shape index (κ1) is 25.1. The lowest BCUT2D eigenvalue weighted by atomic mass is 9.90. The molecule has 1 unspecified atom stereocenters. The molecule has 1 atom stereocenters. The fourth-order valence-electron chi connectivity index (χ4n) is 4.28. The van der Waals surface area contributed by atoms with E-state index in [4.69, 9.17) is 0 Å². The molecule has 3 heterocycles. The highest BCUT2D eigenvalue weighted by Crippen LogP contribution is 2.30. The van der Waals surface area contributed by atoms with Crippen LogP contribution in [0.25, 0.3) is 22.2 Å². The summed E-state index contributed by atoms with van der Waals surface area (Å²) in [7, 11) is 5.62. The van der Waals surface area contributed by atoms with Gasteiger partial charge in [0.1, 0.15) is 18.0 Å². The van der Waals surface area contributed by atoms with Crippen LogP contribution in [0, 0.1) is 0 Å². The largest absolute Gasteiger partial charge is 0.370 e. The van der Waals surface area contributed by atoms with E-state index in [-0.39, 0.29) is 11.8 Å². The van der Waals surface area contributed by atoms with Gasteiger partial charge < -0.3 is 15.5 Å². The third-order valence-electron chi connectivity index (χ3n) is 6.13. The van der Waals surface area contributed by atoms with Crippen LogP contribution in [0.3, 0.4) is 0 Å². The first-order chi connectivity index (χ1) is 17.5. The van der Waals surface area contributed by atoms with Gasteiger partial charge in [-0.1, -0.05) is 25.1 Å². The van der Waals surface area contributed by atoms with E-state index in [1.807, 2.05) is 37.2 Å². The lowest BCUT2D eigenvalue weighted by Gasteiger charge is -2.18. The van der Waals surface area contributed by atoms with E-state index >= 15 is 0 Å². The van der Waals surface area contributed by atoms with E-state index in [0.29, 0.717) is 12.1 Å². The van der Waals surface area contributed by atoms with E-state index in [1.165, 1.54) is 0 Å². The van der Waals surface area contributed by atoms with Crippen molar-refractivity contribution in [3.63, 3.8) is 0 Å². The number of aromatic nitrogens is 5. The Morgan fingerprint density at radius 3 is 2.58 bits per heavy atom. The van der Waals surface area contributed by atoms with Crippen molar-refractivity contribution in [3.8, 4) is 11.3 Å². The SMILES string of the molecule is CCC(CCNc1cc(-c2cnc(CN(C)C)nc2)ncn1)c1cccc2c(C(=O)NC)ccnc12. The molecule has 9 nitrogen and oxygen atoms in total. The topological polar surface area (TPSA) is 109 Å². The maximum Gasteiger partial charge on any atom is 0.251 e. The summed E-state index contributed by atoms with van der Waals surface area (Å²) in [6, 6.07) is 9.76. The molecule has 0 bridgehead atoms. The molecule has 4 rings (SSSR count). The highest BCUT2D eigenvalue weighted by molar-refractivity contribution is 6.06. The van der Waals surface area contributed by atoms with E-state index in [2.05, 4.69) is 48.5 Å².